The van der Waals surface area contributed by atoms with E-state index in [0.29, 0.717) is 28.9 Å². The number of rotatable bonds is 8. The molecule has 10 aromatic carbocycles. The smallest absolute Gasteiger partial charge is 0.231 e. The Hall–Kier alpha value is -11.2. The Morgan fingerprint density at radius 1 is 0.422 bits per heavy atom. The number of thiazole rings is 1. The SMILES string of the molecule is CCN(CC)c1cc(C)c(-c2nc3ccccc3[nH]2)c(O)c1.Cc1ccc(-c2nc3ccccc3[nH]2)c(N)c1.Cc1ccc(-c2nc3ccccc3[nH]2)c(O)c1.Cc1ccc(-c2nc3ccccc3o2)c(O)c1.Cc1ccc(-c2nc3ccccc3s2)c(O)c1. The molecular weight excluding hydrogens is 1140 g/mol. The summed E-state index contributed by atoms with van der Waals surface area (Å²) in [4.78, 5) is 34.4. The Morgan fingerprint density at radius 3 is 1.37 bits per heavy atom. The van der Waals surface area contributed by atoms with Crippen LogP contribution in [0.25, 0.3) is 111 Å². The van der Waals surface area contributed by atoms with Crippen molar-refractivity contribution in [2.45, 2.75) is 48.5 Å². The molecule has 0 aliphatic heterocycles. The van der Waals surface area contributed by atoms with E-state index in [0.717, 1.165) is 140 Å². The monoisotopic (exact) mass is 1210 g/mol. The van der Waals surface area contributed by atoms with Crippen LogP contribution < -0.4 is 10.6 Å². The predicted molar refractivity (Wildman–Crippen MR) is 367 cm³/mol. The van der Waals surface area contributed by atoms with Gasteiger partial charge in [0.05, 0.1) is 65.6 Å². The molecule has 16 heteroatoms. The highest BCUT2D eigenvalue weighted by molar-refractivity contribution is 7.21. The van der Waals surface area contributed by atoms with E-state index in [9.17, 15) is 20.4 Å². The molecule has 5 aromatic heterocycles. The van der Waals surface area contributed by atoms with E-state index in [1.807, 2.05) is 217 Å². The first kappa shape index (κ1) is 60.5. The zero-order chi connectivity index (χ0) is 63.0. The highest BCUT2D eigenvalue weighted by atomic mass is 32.1. The van der Waals surface area contributed by atoms with Gasteiger partial charge in [0.25, 0.3) is 0 Å². The number of phenolic OH excluding ortho intramolecular Hbond substituents is 4. The maximum Gasteiger partial charge on any atom is 0.231 e. The molecule has 0 fully saturated rings. The number of imidazole rings is 3. The number of H-pyrrole nitrogens is 3. The average molecular weight is 1210 g/mol. The van der Waals surface area contributed by atoms with Crippen LogP contribution in [-0.4, -0.2) is 73.4 Å². The van der Waals surface area contributed by atoms with E-state index < -0.39 is 0 Å². The summed E-state index contributed by atoms with van der Waals surface area (Å²) in [6, 6.07) is 65.8. The standard InChI is InChI=1S/C18H21N3O.C14H13N3.C14H12N2O.C14H11NO2.C14H11NOS/c1-4-21(5-2)13-10-12(3)17(16(22)11-13)18-19-14-8-6-7-9-15(14)20-18;1-9-6-7-10(11(15)8-9)14-16-12-4-2-3-5-13(12)17-14;1-9-6-7-10(13(17)8-9)14-15-11-4-2-3-5-12(11)16-14;2*1-9-6-7-10(12(16)8-9)14-15-11-4-2-3-5-13(11)17-14/h6-11,22H,4-5H2,1-3H3,(H,19,20);2-8H,15H2,1H3,(H,16,17);2-8,17H,1H3,(H,15,16);2*2-8,16H,1H3. The maximum atomic E-state index is 10.5. The van der Waals surface area contributed by atoms with Crippen molar-refractivity contribution in [1.29, 1.82) is 0 Å². The summed E-state index contributed by atoms with van der Waals surface area (Å²) in [6.45, 7) is 15.9. The summed E-state index contributed by atoms with van der Waals surface area (Å²) in [7, 11) is 0. The van der Waals surface area contributed by atoms with Gasteiger partial charge in [0.1, 0.15) is 51.0 Å². The molecule has 15 rings (SSSR count). The Balaban J connectivity index is 0.000000116. The second-order valence-electron chi connectivity index (χ2n) is 21.8. The third-order valence-corrected chi connectivity index (χ3v) is 16.1. The zero-order valence-corrected chi connectivity index (χ0v) is 51.7. The Kier molecular flexibility index (Phi) is 18.0. The molecule has 0 unspecified atom stereocenters. The number of hydrogen-bond donors (Lipinski definition) is 8. The Morgan fingerprint density at radius 2 is 0.867 bits per heavy atom. The Labute approximate surface area is 524 Å². The van der Waals surface area contributed by atoms with E-state index in [2.05, 4.69) is 64.7 Å². The molecule has 90 heavy (non-hydrogen) atoms. The lowest BCUT2D eigenvalue weighted by molar-refractivity contribution is 0.473. The van der Waals surface area contributed by atoms with Crippen molar-refractivity contribution in [1.82, 2.24) is 39.9 Å². The molecule has 0 radical (unpaired) electrons. The summed E-state index contributed by atoms with van der Waals surface area (Å²) in [5, 5.41) is 41.1. The molecule has 15 aromatic rings. The van der Waals surface area contributed by atoms with E-state index in [-0.39, 0.29) is 17.2 Å². The number of para-hydroxylation sites is 9. The molecule has 0 bridgehead atoms. The molecule has 0 aliphatic carbocycles. The highest BCUT2D eigenvalue weighted by Gasteiger charge is 2.17. The van der Waals surface area contributed by atoms with Crippen LogP contribution in [0.15, 0.2) is 211 Å². The van der Waals surface area contributed by atoms with E-state index in [1.54, 1.807) is 29.5 Å². The van der Waals surface area contributed by atoms with Gasteiger partial charge in [0, 0.05) is 36.1 Å². The predicted octanol–water partition coefficient (Wildman–Crippen LogP) is 17.9. The van der Waals surface area contributed by atoms with E-state index >= 15 is 0 Å². The van der Waals surface area contributed by atoms with Crippen LogP contribution in [0.3, 0.4) is 0 Å². The number of aromatic hydroxyl groups is 4. The molecule has 0 spiro atoms. The lowest BCUT2D eigenvalue weighted by Gasteiger charge is -2.22. The minimum absolute atomic E-state index is 0.191. The van der Waals surface area contributed by atoms with Gasteiger partial charge in [-0.3, -0.25) is 0 Å². The van der Waals surface area contributed by atoms with Gasteiger partial charge in [-0.1, -0.05) is 84.9 Å². The third kappa shape index (κ3) is 13.6. The van der Waals surface area contributed by atoms with Gasteiger partial charge in [-0.25, -0.2) is 24.9 Å². The number of nitrogens with zero attached hydrogens (tertiary/aromatic N) is 6. The van der Waals surface area contributed by atoms with Crippen LogP contribution in [0.2, 0.25) is 0 Å². The summed E-state index contributed by atoms with van der Waals surface area (Å²) < 4.78 is 6.74. The van der Waals surface area contributed by atoms with E-state index in [4.69, 9.17) is 10.2 Å². The minimum atomic E-state index is 0.191. The van der Waals surface area contributed by atoms with Crippen LogP contribution in [-0.2, 0) is 0 Å². The van der Waals surface area contributed by atoms with Gasteiger partial charge >= 0.3 is 0 Å². The highest BCUT2D eigenvalue weighted by Crippen LogP contribution is 2.38. The number of phenols is 4. The maximum absolute atomic E-state index is 10.5. The fourth-order valence-electron chi connectivity index (χ4n) is 10.4. The molecule has 0 saturated carbocycles. The van der Waals surface area contributed by atoms with Crippen LogP contribution in [0.4, 0.5) is 11.4 Å². The summed E-state index contributed by atoms with van der Waals surface area (Å²) in [6.07, 6.45) is 0. The minimum Gasteiger partial charge on any atom is -0.507 e. The van der Waals surface area contributed by atoms with Gasteiger partial charge in [-0.2, -0.15) is 0 Å². The van der Waals surface area contributed by atoms with Crippen molar-refractivity contribution in [3.8, 4) is 79.2 Å². The molecule has 5 heterocycles. The number of hydrogen-bond acceptors (Lipinski definition) is 13. The van der Waals surface area contributed by atoms with Gasteiger partial charge in [-0.05, 0) is 192 Å². The second kappa shape index (κ2) is 26.8. The van der Waals surface area contributed by atoms with Crippen molar-refractivity contribution < 1.29 is 24.8 Å². The van der Waals surface area contributed by atoms with E-state index in [1.165, 1.54) is 0 Å². The number of anilines is 2. The number of aryl methyl sites for hydroxylation is 5. The number of aromatic nitrogens is 8. The number of nitrogen functional groups attached to an aromatic ring is 1. The molecule has 0 atom stereocenters. The first-order valence-corrected chi connectivity index (χ1v) is 30.3. The molecule has 9 N–H and O–H groups in total. The van der Waals surface area contributed by atoms with Crippen LogP contribution in [0.5, 0.6) is 23.0 Å². The van der Waals surface area contributed by atoms with Crippen molar-refractivity contribution >= 4 is 77.1 Å². The van der Waals surface area contributed by atoms with Gasteiger partial charge < -0.3 is 50.4 Å². The summed E-state index contributed by atoms with van der Waals surface area (Å²) in [5.41, 5.74) is 25.2. The van der Waals surface area contributed by atoms with Crippen LogP contribution >= 0.6 is 11.3 Å². The molecule has 0 amide bonds. The molecule has 0 saturated heterocycles. The number of benzene rings is 10. The lowest BCUT2D eigenvalue weighted by Crippen LogP contribution is -2.21. The lowest BCUT2D eigenvalue weighted by atomic mass is 10.1. The number of aromatic amines is 3. The Bertz CT molecular complexity index is 4320. The number of fused-ring (bicyclic) bond motifs is 5. The van der Waals surface area contributed by atoms with Crippen molar-refractivity contribution in [3.05, 3.63) is 234 Å². The van der Waals surface area contributed by atoms with Crippen LogP contribution in [0.1, 0.15) is 41.7 Å². The molecule has 15 nitrogen and oxygen atoms in total. The first-order chi connectivity index (χ1) is 43.6. The van der Waals surface area contributed by atoms with Crippen molar-refractivity contribution in [3.63, 3.8) is 0 Å². The van der Waals surface area contributed by atoms with Crippen molar-refractivity contribution in [2.24, 2.45) is 0 Å². The third-order valence-electron chi connectivity index (χ3n) is 15.1. The molecular formula is C74H68N10O5S. The van der Waals surface area contributed by atoms with Gasteiger partial charge in [0.2, 0.25) is 5.89 Å². The number of nitrogens with two attached hydrogens (primary N) is 1. The van der Waals surface area contributed by atoms with Gasteiger partial charge in [-0.15, -0.1) is 11.3 Å². The molecule has 0 aliphatic rings. The largest absolute Gasteiger partial charge is 0.507 e. The van der Waals surface area contributed by atoms with Crippen molar-refractivity contribution in [2.75, 3.05) is 23.7 Å². The van der Waals surface area contributed by atoms with Gasteiger partial charge in [0.15, 0.2) is 5.58 Å². The second-order valence-corrected chi connectivity index (χ2v) is 22.8. The average Bonchev–Trinajstić information content (AvgIpc) is 1.94. The summed E-state index contributed by atoms with van der Waals surface area (Å²) in [5.74, 6) is 3.68. The molecule has 450 valence electrons. The fraction of sp³-hybridized carbons (Fsp3) is 0.122. The zero-order valence-electron chi connectivity index (χ0n) is 50.9. The summed E-state index contributed by atoms with van der Waals surface area (Å²) >= 11 is 1.60. The number of nitrogens with one attached hydrogen (secondary N) is 3. The fourth-order valence-corrected chi connectivity index (χ4v) is 11.4. The topological polar surface area (TPSA) is 235 Å². The van der Waals surface area contributed by atoms with Crippen LogP contribution in [0, 0.1) is 34.6 Å². The number of oxazole rings is 1. The normalized spacial score (nSPS) is 10.9. The quantitative estimate of drug-likeness (QED) is 0.0664. The first-order valence-electron chi connectivity index (χ1n) is 29.5.